The lowest BCUT2D eigenvalue weighted by atomic mass is 10.2. The van der Waals surface area contributed by atoms with Gasteiger partial charge in [0.05, 0.1) is 5.02 Å². The van der Waals surface area contributed by atoms with Crippen LogP contribution in [-0.2, 0) is 10.7 Å². The number of carboxylic acid groups (broad SMARTS) is 1. The van der Waals surface area contributed by atoms with Gasteiger partial charge in [-0.2, -0.15) is 8.78 Å². The lowest BCUT2D eigenvalue weighted by Gasteiger charge is -2.06. The largest absolute Gasteiger partial charge is 0.476 e. The van der Waals surface area contributed by atoms with Crippen LogP contribution < -0.4 is 0 Å². The average molecular weight is 309 g/mol. The zero-order chi connectivity index (χ0) is 14.2. The Hall–Kier alpha value is -1.67. The minimum absolute atomic E-state index is 0.0499. The lowest BCUT2D eigenvalue weighted by Crippen LogP contribution is -2.25. The zero-order valence-electron chi connectivity index (χ0n) is 8.90. The molecule has 2 aromatic rings. The molecule has 0 amide bonds. The molecule has 2 aromatic heterocycles. The van der Waals surface area contributed by atoms with E-state index in [2.05, 4.69) is 9.97 Å². The third-order valence-corrected chi connectivity index (χ3v) is 3.16. The summed E-state index contributed by atoms with van der Waals surface area (Å²) in [5.41, 5.74) is -1.22. The van der Waals surface area contributed by atoms with Crippen molar-refractivity contribution in [2.45, 2.75) is 5.92 Å². The van der Waals surface area contributed by atoms with Gasteiger partial charge in [-0.3, -0.25) is 0 Å². The molecule has 19 heavy (non-hydrogen) atoms. The minimum Gasteiger partial charge on any atom is -0.476 e. The summed E-state index contributed by atoms with van der Waals surface area (Å²) >= 11 is 6.17. The molecule has 2 heterocycles. The first-order valence-corrected chi connectivity index (χ1v) is 5.96. The number of rotatable bonds is 3. The molecule has 0 aliphatic rings. The molecule has 0 fully saturated rings. The fourth-order valence-corrected chi connectivity index (χ4v) is 2.19. The Bertz CT molecular complexity index is 647. The van der Waals surface area contributed by atoms with Gasteiger partial charge in [-0.15, -0.1) is 11.3 Å². The van der Waals surface area contributed by atoms with E-state index in [1.807, 2.05) is 0 Å². The topological polar surface area (TPSA) is 63.1 Å². The fourth-order valence-electron chi connectivity index (χ4n) is 1.21. The number of hydrogen-bond donors (Lipinski definition) is 1. The monoisotopic (exact) mass is 308 g/mol. The molecule has 2 rings (SSSR count). The molecule has 0 aliphatic heterocycles. The first kappa shape index (κ1) is 13.8. The lowest BCUT2D eigenvalue weighted by molar-refractivity contribution is -0.166. The van der Waals surface area contributed by atoms with Crippen LogP contribution in [0.2, 0.25) is 5.02 Å². The molecule has 0 saturated heterocycles. The summed E-state index contributed by atoms with van der Waals surface area (Å²) in [6.07, 6.45) is 1.14. The number of carboxylic acids is 1. The molecule has 0 spiro atoms. The van der Waals surface area contributed by atoms with E-state index in [-0.39, 0.29) is 15.7 Å². The van der Waals surface area contributed by atoms with Crippen molar-refractivity contribution in [2.75, 3.05) is 0 Å². The smallest absolute Gasteiger partial charge is 0.385 e. The number of aromatic nitrogens is 2. The molecule has 0 atom stereocenters. The second-order valence-electron chi connectivity index (χ2n) is 3.40. The van der Waals surface area contributed by atoms with Gasteiger partial charge in [0.1, 0.15) is 16.4 Å². The highest BCUT2D eigenvalue weighted by Gasteiger charge is 2.43. The molecule has 0 saturated carbocycles. The first-order chi connectivity index (χ1) is 8.82. The molecule has 0 aliphatic carbocycles. The highest BCUT2D eigenvalue weighted by atomic mass is 35.5. The number of nitrogens with zero attached hydrogens (tertiary/aromatic N) is 2. The van der Waals surface area contributed by atoms with E-state index < -0.39 is 23.4 Å². The van der Waals surface area contributed by atoms with Crippen LogP contribution in [0.15, 0.2) is 17.6 Å². The number of carbonyl (C=O) groups is 1. The first-order valence-electron chi connectivity index (χ1n) is 4.71. The Balaban J connectivity index is 2.44. The van der Waals surface area contributed by atoms with Crippen molar-refractivity contribution in [3.8, 4) is 10.7 Å². The molecule has 100 valence electrons. The molecule has 9 heteroatoms. The van der Waals surface area contributed by atoms with Crippen LogP contribution in [0.3, 0.4) is 0 Å². The second kappa shape index (κ2) is 4.78. The number of alkyl halides is 2. The van der Waals surface area contributed by atoms with E-state index in [9.17, 15) is 18.0 Å². The Morgan fingerprint density at radius 2 is 2.16 bits per heavy atom. The van der Waals surface area contributed by atoms with Gasteiger partial charge in [0.2, 0.25) is 0 Å². The van der Waals surface area contributed by atoms with Crippen LogP contribution in [0.1, 0.15) is 5.69 Å². The fraction of sp³-hybridized carbons (Fsp3) is 0.100. The van der Waals surface area contributed by atoms with Gasteiger partial charge < -0.3 is 5.11 Å². The van der Waals surface area contributed by atoms with Crippen molar-refractivity contribution in [1.82, 2.24) is 9.97 Å². The van der Waals surface area contributed by atoms with Crippen LogP contribution in [0.25, 0.3) is 10.7 Å². The number of aliphatic carboxylic acids is 1. The van der Waals surface area contributed by atoms with Crippen LogP contribution in [-0.4, -0.2) is 21.0 Å². The summed E-state index contributed by atoms with van der Waals surface area (Å²) in [5.74, 6) is -7.28. The Morgan fingerprint density at radius 3 is 2.74 bits per heavy atom. The quantitative estimate of drug-likeness (QED) is 0.946. The van der Waals surface area contributed by atoms with E-state index in [0.717, 1.165) is 17.6 Å². The van der Waals surface area contributed by atoms with Crippen LogP contribution in [0.4, 0.5) is 13.2 Å². The van der Waals surface area contributed by atoms with Gasteiger partial charge in [-0.05, 0) is 6.07 Å². The third-order valence-electron chi connectivity index (χ3n) is 2.10. The summed E-state index contributed by atoms with van der Waals surface area (Å²) in [5, 5.41) is 9.12. The minimum atomic E-state index is -4.13. The predicted molar refractivity (Wildman–Crippen MR) is 61.8 cm³/mol. The summed E-state index contributed by atoms with van der Waals surface area (Å²) in [6, 6.07) is 0.959. The van der Waals surface area contributed by atoms with Crippen molar-refractivity contribution >= 4 is 28.9 Å². The Morgan fingerprint density at radius 1 is 1.47 bits per heavy atom. The molecule has 0 unspecified atom stereocenters. The number of hydrogen-bond acceptors (Lipinski definition) is 4. The Labute approximate surface area is 113 Å². The third kappa shape index (κ3) is 2.54. The van der Waals surface area contributed by atoms with E-state index in [1.165, 1.54) is 0 Å². The number of pyridine rings is 1. The van der Waals surface area contributed by atoms with E-state index >= 15 is 0 Å². The van der Waals surface area contributed by atoms with Gasteiger partial charge in [0.15, 0.2) is 5.82 Å². The summed E-state index contributed by atoms with van der Waals surface area (Å²) in [7, 11) is 0. The molecular formula is C10H4ClF3N2O2S. The molecule has 0 bridgehead atoms. The van der Waals surface area contributed by atoms with Gasteiger partial charge in [0.25, 0.3) is 0 Å². The standard InChI is InChI=1S/C10H4ClF3N2O2S/c11-4-1-5(12)7(15-2-4)8-16-6(3-19-8)10(13,14)9(17)18/h1-3H,(H,17,18). The summed E-state index contributed by atoms with van der Waals surface area (Å²) < 4.78 is 39.9. The number of thiazole rings is 1. The van der Waals surface area contributed by atoms with Gasteiger partial charge in [-0.1, -0.05) is 11.6 Å². The van der Waals surface area contributed by atoms with Crippen molar-refractivity contribution in [1.29, 1.82) is 0 Å². The molecule has 4 nitrogen and oxygen atoms in total. The van der Waals surface area contributed by atoms with Crippen molar-refractivity contribution in [2.24, 2.45) is 0 Å². The van der Waals surface area contributed by atoms with Gasteiger partial charge in [0, 0.05) is 11.6 Å². The van der Waals surface area contributed by atoms with Crippen LogP contribution >= 0.6 is 22.9 Å². The second-order valence-corrected chi connectivity index (χ2v) is 4.70. The highest BCUT2D eigenvalue weighted by Crippen LogP contribution is 2.33. The maximum absolute atomic E-state index is 13.5. The number of halogens is 4. The van der Waals surface area contributed by atoms with Gasteiger partial charge in [-0.25, -0.2) is 19.2 Å². The van der Waals surface area contributed by atoms with Crippen molar-refractivity contribution in [3.05, 3.63) is 34.2 Å². The normalized spacial score (nSPS) is 11.6. The average Bonchev–Trinajstić information content (AvgIpc) is 2.78. The SMILES string of the molecule is O=C(O)C(F)(F)c1csc(-c2ncc(Cl)cc2F)n1. The molecule has 0 aromatic carbocycles. The zero-order valence-corrected chi connectivity index (χ0v) is 10.5. The summed E-state index contributed by atoms with van der Waals surface area (Å²) in [6.45, 7) is 0. The van der Waals surface area contributed by atoms with E-state index in [4.69, 9.17) is 16.7 Å². The molecule has 0 radical (unpaired) electrons. The van der Waals surface area contributed by atoms with E-state index in [0.29, 0.717) is 11.3 Å². The highest BCUT2D eigenvalue weighted by molar-refractivity contribution is 7.13. The maximum atomic E-state index is 13.5. The van der Waals surface area contributed by atoms with Crippen molar-refractivity contribution in [3.63, 3.8) is 0 Å². The molecule has 1 N–H and O–H groups in total. The van der Waals surface area contributed by atoms with E-state index in [1.54, 1.807) is 0 Å². The van der Waals surface area contributed by atoms with Crippen LogP contribution in [0.5, 0.6) is 0 Å². The van der Waals surface area contributed by atoms with Gasteiger partial charge >= 0.3 is 11.9 Å². The maximum Gasteiger partial charge on any atom is 0.385 e. The summed E-state index contributed by atoms with van der Waals surface area (Å²) in [4.78, 5) is 17.4. The predicted octanol–water partition coefficient (Wildman–Crippen LogP) is 3.17. The molecular weight excluding hydrogens is 305 g/mol. The van der Waals surface area contributed by atoms with Crippen LogP contribution in [0, 0.1) is 5.82 Å². The van der Waals surface area contributed by atoms with Crippen molar-refractivity contribution < 1.29 is 23.1 Å². The Kier molecular flexibility index (Phi) is 3.46.